The molecule has 1 aliphatic rings. The molecule has 0 bridgehead atoms. The second-order valence-corrected chi connectivity index (χ2v) is 10.1. The fraction of sp³-hybridized carbons (Fsp3) is 0.190. The van der Waals surface area contributed by atoms with E-state index in [0.717, 1.165) is 17.0 Å². The topological polar surface area (TPSA) is 69.7 Å². The van der Waals surface area contributed by atoms with Gasteiger partial charge in [0.1, 0.15) is 15.6 Å². The van der Waals surface area contributed by atoms with Gasteiger partial charge >= 0.3 is 0 Å². The number of piperazine rings is 1. The lowest BCUT2D eigenvalue weighted by Crippen LogP contribution is -2.48. The highest BCUT2D eigenvalue weighted by Gasteiger charge is 2.33. The zero-order chi connectivity index (χ0) is 22.0. The third kappa shape index (κ3) is 4.59. The summed E-state index contributed by atoms with van der Waals surface area (Å²) in [4.78, 5) is 14.8. The first-order valence-electron chi connectivity index (χ1n) is 9.50. The molecular weight excluding hydrogens is 461 g/mol. The van der Waals surface area contributed by atoms with E-state index in [1.807, 2.05) is 23.1 Å². The van der Waals surface area contributed by atoms with Gasteiger partial charge in [-0.15, -0.1) is 11.3 Å². The maximum absolute atomic E-state index is 13.2. The number of halogens is 2. The third-order valence-corrected chi connectivity index (χ3v) is 8.29. The van der Waals surface area contributed by atoms with Crippen molar-refractivity contribution in [1.29, 1.82) is 0 Å². The molecule has 4 rings (SSSR count). The van der Waals surface area contributed by atoms with E-state index in [4.69, 9.17) is 11.6 Å². The number of nitrogens with zero attached hydrogens (tertiary/aromatic N) is 2. The predicted octanol–water partition coefficient (Wildman–Crippen LogP) is 4.30. The summed E-state index contributed by atoms with van der Waals surface area (Å²) in [5.41, 5.74) is 1.26. The van der Waals surface area contributed by atoms with Crippen molar-refractivity contribution in [2.75, 3.05) is 36.4 Å². The number of benzene rings is 2. The smallest absolute Gasteiger partial charge is 0.267 e. The highest BCUT2D eigenvalue weighted by atomic mass is 35.5. The molecule has 0 saturated carbocycles. The zero-order valence-corrected chi connectivity index (χ0v) is 18.7. The Morgan fingerprint density at radius 3 is 2.35 bits per heavy atom. The van der Waals surface area contributed by atoms with E-state index >= 15 is 0 Å². The van der Waals surface area contributed by atoms with Gasteiger partial charge in [0.2, 0.25) is 10.0 Å². The SMILES string of the molecule is O=C(Nc1ccc(F)cc1)c1sccc1S(=O)(=O)N1CCN(c2ccccc2Cl)CC1. The largest absolute Gasteiger partial charge is 0.368 e. The monoisotopic (exact) mass is 479 g/mol. The lowest BCUT2D eigenvalue weighted by Gasteiger charge is -2.35. The van der Waals surface area contributed by atoms with Crippen LogP contribution in [0.2, 0.25) is 5.02 Å². The van der Waals surface area contributed by atoms with E-state index in [1.54, 1.807) is 11.4 Å². The molecule has 3 aromatic rings. The molecular formula is C21H19ClFN3O3S2. The standard InChI is InChI=1S/C21H19ClFN3O3S2/c22-17-3-1-2-4-18(17)25-10-12-26(13-11-25)31(28,29)19-9-14-30-20(19)21(27)24-16-7-5-15(23)6-8-16/h1-9,14H,10-13H2,(H,24,27). The maximum atomic E-state index is 13.2. The lowest BCUT2D eigenvalue weighted by atomic mass is 10.2. The number of nitrogens with one attached hydrogen (secondary N) is 1. The molecule has 0 spiro atoms. The molecule has 31 heavy (non-hydrogen) atoms. The van der Waals surface area contributed by atoms with Crippen molar-refractivity contribution < 1.29 is 17.6 Å². The van der Waals surface area contributed by atoms with Gasteiger partial charge in [-0.2, -0.15) is 4.31 Å². The summed E-state index contributed by atoms with van der Waals surface area (Å²) in [5.74, 6) is -0.969. The summed E-state index contributed by atoms with van der Waals surface area (Å²) >= 11 is 7.31. The number of hydrogen-bond donors (Lipinski definition) is 1. The number of amides is 1. The van der Waals surface area contributed by atoms with Crippen molar-refractivity contribution in [3.63, 3.8) is 0 Å². The number of rotatable bonds is 5. The third-order valence-electron chi connectivity index (χ3n) is 4.99. The van der Waals surface area contributed by atoms with Crippen LogP contribution in [0.15, 0.2) is 64.9 Å². The summed E-state index contributed by atoms with van der Waals surface area (Å²) in [7, 11) is -3.85. The van der Waals surface area contributed by atoms with Crippen LogP contribution in [-0.2, 0) is 10.0 Å². The first-order chi connectivity index (χ1) is 14.9. The van der Waals surface area contributed by atoms with Crippen molar-refractivity contribution in [2.45, 2.75) is 4.90 Å². The fourth-order valence-electron chi connectivity index (χ4n) is 3.40. The highest BCUT2D eigenvalue weighted by Crippen LogP contribution is 2.30. The van der Waals surface area contributed by atoms with Crippen LogP contribution in [0, 0.1) is 5.82 Å². The molecule has 2 aromatic carbocycles. The molecule has 1 saturated heterocycles. The van der Waals surface area contributed by atoms with E-state index in [-0.39, 0.29) is 22.9 Å². The quantitative estimate of drug-likeness (QED) is 0.592. The van der Waals surface area contributed by atoms with Crippen LogP contribution in [0.4, 0.5) is 15.8 Å². The van der Waals surface area contributed by atoms with Crippen molar-refractivity contribution >= 4 is 50.2 Å². The van der Waals surface area contributed by atoms with Crippen LogP contribution in [-0.4, -0.2) is 44.8 Å². The molecule has 6 nitrogen and oxygen atoms in total. The van der Waals surface area contributed by atoms with Crippen LogP contribution < -0.4 is 10.2 Å². The minimum absolute atomic E-state index is 0.0247. The van der Waals surface area contributed by atoms with Gasteiger partial charge in [0, 0.05) is 31.9 Å². The van der Waals surface area contributed by atoms with Crippen molar-refractivity contribution in [3.05, 3.63) is 75.7 Å². The van der Waals surface area contributed by atoms with Crippen molar-refractivity contribution in [2.24, 2.45) is 0 Å². The Kier molecular flexibility index (Phi) is 6.29. The van der Waals surface area contributed by atoms with Gasteiger partial charge in [0.15, 0.2) is 0 Å². The minimum Gasteiger partial charge on any atom is -0.368 e. The molecule has 1 N–H and O–H groups in total. The highest BCUT2D eigenvalue weighted by molar-refractivity contribution is 7.89. The molecule has 1 aliphatic heterocycles. The van der Waals surface area contributed by atoms with E-state index in [1.165, 1.54) is 34.6 Å². The van der Waals surface area contributed by atoms with Crippen LogP contribution in [0.3, 0.4) is 0 Å². The Hall–Kier alpha value is -2.46. The van der Waals surface area contributed by atoms with Crippen LogP contribution >= 0.6 is 22.9 Å². The number of carbonyl (C=O) groups is 1. The Bertz CT molecular complexity index is 1190. The molecule has 2 heterocycles. The summed E-state index contributed by atoms with van der Waals surface area (Å²) in [5, 5.41) is 4.82. The number of sulfonamides is 1. The normalized spacial score (nSPS) is 15.1. The van der Waals surface area contributed by atoms with Gasteiger partial charge in [-0.25, -0.2) is 12.8 Å². The van der Waals surface area contributed by atoms with Gasteiger partial charge < -0.3 is 10.2 Å². The summed E-state index contributed by atoms with van der Waals surface area (Å²) in [6.45, 7) is 1.54. The Balaban J connectivity index is 1.49. The van der Waals surface area contributed by atoms with Crippen LogP contribution in [0.1, 0.15) is 9.67 Å². The molecule has 0 aliphatic carbocycles. The first-order valence-corrected chi connectivity index (χ1v) is 12.2. The average Bonchev–Trinajstić information content (AvgIpc) is 3.27. The molecule has 10 heteroatoms. The number of anilines is 2. The molecule has 1 fully saturated rings. The van der Waals surface area contributed by atoms with E-state index in [2.05, 4.69) is 5.32 Å². The number of carbonyl (C=O) groups excluding carboxylic acids is 1. The van der Waals surface area contributed by atoms with Gasteiger partial charge in [-0.1, -0.05) is 23.7 Å². The van der Waals surface area contributed by atoms with Crippen LogP contribution in [0.25, 0.3) is 0 Å². The molecule has 162 valence electrons. The van der Waals surface area contributed by atoms with Gasteiger partial charge in [-0.05, 0) is 47.8 Å². The molecule has 1 amide bonds. The Morgan fingerprint density at radius 2 is 1.68 bits per heavy atom. The van der Waals surface area contributed by atoms with Gasteiger partial charge in [0.05, 0.1) is 10.7 Å². The molecule has 0 atom stereocenters. The maximum Gasteiger partial charge on any atom is 0.267 e. The summed E-state index contributed by atoms with van der Waals surface area (Å²) < 4.78 is 40.9. The van der Waals surface area contributed by atoms with Crippen molar-refractivity contribution in [1.82, 2.24) is 4.31 Å². The Morgan fingerprint density at radius 1 is 1.00 bits per heavy atom. The average molecular weight is 480 g/mol. The molecule has 0 unspecified atom stereocenters. The van der Waals surface area contributed by atoms with E-state index in [9.17, 15) is 17.6 Å². The summed E-state index contributed by atoms with van der Waals surface area (Å²) in [6, 6.07) is 14.2. The predicted molar refractivity (Wildman–Crippen MR) is 121 cm³/mol. The van der Waals surface area contributed by atoms with E-state index < -0.39 is 21.7 Å². The second kappa shape index (κ2) is 8.96. The number of thiophene rings is 1. The van der Waals surface area contributed by atoms with Gasteiger partial charge in [0.25, 0.3) is 5.91 Å². The fourth-order valence-corrected chi connectivity index (χ4v) is 6.38. The number of para-hydroxylation sites is 1. The molecule has 0 radical (unpaired) electrons. The summed E-state index contributed by atoms with van der Waals surface area (Å²) in [6.07, 6.45) is 0. The lowest BCUT2D eigenvalue weighted by molar-refractivity contribution is 0.102. The first kappa shape index (κ1) is 21.8. The number of hydrogen-bond acceptors (Lipinski definition) is 5. The second-order valence-electron chi connectivity index (χ2n) is 6.92. The van der Waals surface area contributed by atoms with Crippen LogP contribution in [0.5, 0.6) is 0 Å². The Labute approximate surface area is 188 Å². The minimum atomic E-state index is -3.85. The van der Waals surface area contributed by atoms with E-state index in [0.29, 0.717) is 23.8 Å². The van der Waals surface area contributed by atoms with Gasteiger partial charge in [-0.3, -0.25) is 4.79 Å². The van der Waals surface area contributed by atoms with Crippen molar-refractivity contribution in [3.8, 4) is 0 Å². The molecule has 1 aromatic heterocycles. The zero-order valence-electron chi connectivity index (χ0n) is 16.3.